The summed E-state index contributed by atoms with van der Waals surface area (Å²) in [6.07, 6.45) is 1.09. The van der Waals surface area contributed by atoms with E-state index in [9.17, 15) is 14.9 Å². The number of nitrogens with zero attached hydrogens (tertiary/aromatic N) is 1. The van der Waals surface area contributed by atoms with Crippen molar-refractivity contribution in [2.24, 2.45) is 0 Å². The van der Waals surface area contributed by atoms with Crippen LogP contribution in [0.15, 0.2) is 12.1 Å². The predicted octanol–water partition coefficient (Wildman–Crippen LogP) is 2.09. The van der Waals surface area contributed by atoms with Crippen LogP contribution in [0.3, 0.4) is 0 Å². The molecule has 0 radical (unpaired) electrons. The molecule has 1 N–H and O–H groups in total. The van der Waals surface area contributed by atoms with Crippen molar-refractivity contribution in [3.63, 3.8) is 0 Å². The van der Waals surface area contributed by atoms with E-state index >= 15 is 0 Å². The van der Waals surface area contributed by atoms with Gasteiger partial charge < -0.3 is 10.1 Å². The first-order valence-corrected chi connectivity index (χ1v) is 6.54. The van der Waals surface area contributed by atoms with Gasteiger partial charge in [-0.05, 0) is 26.0 Å². The summed E-state index contributed by atoms with van der Waals surface area (Å²) in [6, 6.07) is 3.24. The molecule has 0 aliphatic carbocycles. The Morgan fingerprint density at radius 2 is 2.33 bits per heavy atom. The molecule has 0 atom stereocenters. The van der Waals surface area contributed by atoms with Gasteiger partial charge in [0.15, 0.2) is 0 Å². The Morgan fingerprint density at radius 3 is 2.94 bits per heavy atom. The number of nitrogens with one attached hydrogen (secondary N) is 1. The summed E-state index contributed by atoms with van der Waals surface area (Å²) < 4.78 is 4.80. The van der Waals surface area contributed by atoms with Crippen molar-refractivity contribution in [3.8, 4) is 0 Å². The molecule has 0 bridgehead atoms. The maximum Gasteiger partial charge on any atom is 0.324 e. The molecule has 0 spiro atoms. The van der Waals surface area contributed by atoms with Crippen molar-refractivity contribution in [2.75, 3.05) is 13.2 Å². The SMILES string of the molecule is CCOC(=O)CCCNCc1ccc([N+](=O)[O-])s1. The first-order chi connectivity index (χ1) is 8.63. The molecule has 0 unspecified atom stereocenters. The Hall–Kier alpha value is -1.47. The van der Waals surface area contributed by atoms with Crippen LogP contribution in [0.4, 0.5) is 5.00 Å². The van der Waals surface area contributed by atoms with E-state index in [1.54, 1.807) is 13.0 Å². The Bertz CT molecular complexity index is 406. The summed E-state index contributed by atoms with van der Waals surface area (Å²) in [5.41, 5.74) is 0. The van der Waals surface area contributed by atoms with E-state index in [2.05, 4.69) is 5.32 Å². The molecule has 0 aromatic carbocycles. The molecule has 0 aliphatic heterocycles. The molecule has 7 heteroatoms. The summed E-state index contributed by atoms with van der Waals surface area (Å²) in [5.74, 6) is -0.189. The van der Waals surface area contributed by atoms with Crippen molar-refractivity contribution < 1.29 is 14.5 Å². The maximum atomic E-state index is 11.0. The fraction of sp³-hybridized carbons (Fsp3) is 0.545. The second-order valence-electron chi connectivity index (χ2n) is 3.58. The highest BCUT2D eigenvalue weighted by Gasteiger charge is 2.09. The van der Waals surface area contributed by atoms with Crippen molar-refractivity contribution in [2.45, 2.75) is 26.3 Å². The summed E-state index contributed by atoms with van der Waals surface area (Å²) in [4.78, 5) is 22.0. The first-order valence-electron chi connectivity index (χ1n) is 5.73. The van der Waals surface area contributed by atoms with Crippen LogP contribution in [0.2, 0.25) is 0 Å². The fourth-order valence-corrected chi connectivity index (χ4v) is 2.15. The average Bonchev–Trinajstić information content (AvgIpc) is 2.78. The number of hydrogen-bond acceptors (Lipinski definition) is 6. The predicted molar refractivity (Wildman–Crippen MR) is 68.5 cm³/mol. The third-order valence-corrected chi connectivity index (χ3v) is 3.20. The zero-order valence-electron chi connectivity index (χ0n) is 10.2. The Labute approximate surface area is 109 Å². The molecule has 0 saturated heterocycles. The lowest BCUT2D eigenvalue weighted by Gasteiger charge is -2.03. The maximum absolute atomic E-state index is 11.0. The molecular weight excluding hydrogens is 256 g/mol. The molecule has 0 saturated carbocycles. The van der Waals surface area contributed by atoms with Gasteiger partial charge in [0.05, 0.1) is 11.5 Å². The van der Waals surface area contributed by atoms with E-state index in [4.69, 9.17) is 4.74 Å². The van der Waals surface area contributed by atoms with Crippen molar-refractivity contribution in [3.05, 3.63) is 27.1 Å². The topological polar surface area (TPSA) is 81.5 Å². The van der Waals surface area contributed by atoms with Gasteiger partial charge in [-0.15, -0.1) is 0 Å². The average molecular weight is 272 g/mol. The van der Waals surface area contributed by atoms with Crippen LogP contribution in [-0.4, -0.2) is 24.0 Å². The van der Waals surface area contributed by atoms with Crippen LogP contribution in [-0.2, 0) is 16.1 Å². The molecular formula is C11H16N2O4S. The van der Waals surface area contributed by atoms with Gasteiger partial charge in [-0.25, -0.2) is 0 Å². The second-order valence-corrected chi connectivity index (χ2v) is 4.73. The van der Waals surface area contributed by atoms with Crippen molar-refractivity contribution in [1.82, 2.24) is 5.32 Å². The molecule has 0 amide bonds. The minimum Gasteiger partial charge on any atom is -0.466 e. The second kappa shape index (κ2) is 7.78. The highest BCUT2D eigenvalue weighted by molar-refractivity contribution is 7.15. The van der Waals surface area contributed by atoms with E-state index < -0.39 is 4.92 Å². The lowest BCUT2D eigenvalue weighted by molar-refractivity contribution is -0.380. The van der Waals surface area contributed by atoms with Gasteiger partial charge in [0.1, 0.15) is 0 Å². The number of rotatable bonds is 8. The third kappa shape index (κ3) is 5.24. The monoisotopic (exact) mass is 272 g/mol. The van der Waals surface area contributed by atoms with E-state index in [0.29, 0.717) is 32.5 Å². The van der Waals surface area contributed by atoms with Gasteiger partial charge >= 0.3 is 11.0 Å². The lowest BCUT2D eigenvalue weighted by atomic mass is 10.3. The van der Waals surface area contributed by atoms with Gasteiger partial charge in [0, 0.05) is 23.9 Å². The van der Waals surface area contributed by atoms with Crippen LogP contribution in [0.25, 0.3) is 0 Å². The van der Waals surface area contributed by atoms with Crippen molar-refractivity contribution in [1.29, 1.82) is 0 Å². The zero-order valence-corrected chi connectivity index (χ0v) is 11.0. The number of hydrogen-bond donors (Lipinski definition) is 1. The number of carbonyl (C=O) groups excluding carboxylic acids is 1. The van der Waals surface area contributed by atoms with E-state index in [1.807, 2.05) is 0 Å². The first kappa shape index (κ1) is 14.6. The minimum absolute atomic E-state index is 0.151. The Balaban J connectivity index is 2.14. The summed E-state index contributed by atoms with van der Waals surface area (Å²) in [7, 11) is 0. The van der Waals surface area contributed by atoms with E-state index in [0.717, 1.165) is 16.2 Å². The fourth-order valence-electron chi connectivity index (χ4n) is 1.36. The largest absolute Gasteiger partial charge is 0.466 e. The zero-order chi connectivity index (χ0) is 13.4. The van der Waals surface area contributed by atoms with Gasteiger partial charge in [-0.2, -0.15) is 0 Å². The summed E-state index contributed by atoms with van der Waals surface area (Å²) in [5, 5.41) is 13.8. The van der Waals surface area contributed by atoms with E-state index in [-0.39, 0.29) is 11.0 Å². The number of ether oxygens (including phenoxy) is 1. The standard InChI is InChI=1S/C11H16N2O4S/c1-2-17-11(14)4-3-7-12-8-9-5-6-10(18-9)13(15)16/h5-6,12H,2-4,7-8H2,1H3. The van der Waals surface area contributed by atoms with Crippen LogP contribution in [0.5, 0.6) is 0 Å². The minimum atomic E-state index is -0.394. The normalized spacial score (nSPS) is 10.3. The molecule has 0 aliphatic rings. The van der Waals surface area contributed by atoms with Gasteiger partial charge in [0.2, 0.25) is 0 Å². The molecule has 100 valence electrons. The number of esters is 1. The van der Waals surface area contributed by atoms with Crippen molar-refractivity contribution >= 4 is 22.3 Å². The van der Waals surface area contributed by atoms with Gasteiger partial charge in [0.25, 0.3) is 0 Å². The molecule has 18 heavy (non-hydrogen) atoms. The molecule has 1 aromatic rings. The van der Waals surface area contributed by atoms with Crippen LogP contribution >= 0.6 is 11.3 Å². The third-order valence-electron chi connectivity index (χ3n) is 2.17. The number of nitro groups is 1. The molecule has 0 fully saturated rings. The molecule has 1 heterocycles. The quantitative estimate of drug-likeness (QED) is 0.339. The molecule has 1 rings (SSSR count). The highest BCUT2D eigenvalue weighted by atomic mass is 32.1. The van der Waals surface area contributed by atoms with Crippen LogP contribution in [0, 0.1) is 10.1 Å². The van der Waals surface area contributed by atoms with Gasteiger partial charge in [-0.3, -0.25) is 14.9 Å². The molecule has 1 aromatic heterocycles. The summed E-state index contributed by atoms with van der Waals surface area (Å²) in [6.45, 7) is 3.46. The smallest absolute Gasteiger partial charge is 0.324 e. The Kier molecular flexibility index (Phi) is 6.31. The molecule has 6 nitrogen and oxygen atoms in total. The highest BCUT2D eigenvalue weighted by Crippen LogP contribution is 2.23. The number of thiophene rings is 1. The Morgan fingerprint density at radius 1 is 1.56 bits per heavy atom. The van der Waals surface area contributed by atoms with Crippen LogP contribution < -0.4 is 5.32 Å². The van der Waals surface area contributed by atoms with Crippen LogP contribution in [0.1, 0.15) is 24.6 Å². The van der Waals surface area contributed by atoms with Gasteiger partial charge in [-0.1, -0.05) is 11.3 Å². The van der Waals surface area contributed by atoms with E-state index in [1.165, 1.54) is 6.07 Å². The number of carbonyl (C=O) groups is 1. The summed E-state index contributed by atoms with van der Waals surface area (Å²) >= 11 is 1.16. The lowest BCUT2D eigenvalue weighted by Crippen LogP contribution is -2.15.